The number of rotatable bonds is 4. The summed E-state index contributed by atoms with van der Waals surface area (Å²) in [6, 6.07) is 6.09. The number of carbonyl (C=O) groups excluding carboxylic acids is 1. The number of methoxy groups -OCH3 is 1. The van der Waals surface area contributed by atoms with Gasteiger partial charge in [0, 0.05) is 14.4 Å². The molecule has 1 rings (SSSR count). The van der Waals surface area contributed by atoms with Crippen molar-refractivity contribution in [3.8, 4) is 0 Å². The molecule has 0 spiro atoms. The Morgan fingerprint density at radius 3 is 2.80 bits per heavy atom. The van der Waals surface area contributed by atoms with E-state index in [4.69, 9.17) is 5.73 Å². The minimum atomic E-state index is -0.169. The Labute approximate surface area is 91.7 Å². The fourth-order valence-corrected chi connectivity index (χ4v) is 1.50. The van der Waals surface area contributed by atoms with Gasteiger partial charge in [0.1, 0.15) is 0 Å². The van der Waals surface area contributed by atoms with E-state index in [0.29, 0.717) is 13.0 Å². The molecule has 0 saturated carbocycles. The fraction of sp³-hybridized carbons (Fsp3) is 0.417. The second-order valence-electron chi connectivity index (χ2n) is 3.54. The summed E-state index contributed by atoms with van der Waals surface area (Å²) in [5.74, 6) is -0.169. The van der Waals surface area contributed by atoms with Gasteiger partial charge >= 0.3 is 5.97 Å². The smallest absolute Gasteiger partial charge is 0.305 e. The highest BCUT2D eigenvalue weighted by molar-refractivity contribution is 5.69. The van der Waals surface area contributed by atoms with E-state index in [1.54, 1.807) is 0 Å². The van der Waals surface area contributed by atoms with Crippen molar-refractivity contribution < 1.29 is 11.0 Å². The molecule has 3 nitrogen and oxygen atoms in total. The van der Waals surface area contributed by atoms with Crippen molar-refractivity contribution in [3.63, 3.8) is 0 Å². The average Bonchev–Trinajstić information content (AvgIpc) is 2.26. The van der Waals surface area contributed by atoms with Gasteiger partial charge in [-0.2, -0.15) is 0 Å². The molecule has 15 heavy (non-hydrogen) atoms. The molecule has 0 unspecified atom stereocenters. The number of nitrogens with two attached hydrogens (primary N) is 1. The fourth-order valence-electron chi connectivity index (χ4n) is 1.50. The third-order valence-electron chi connectivity index (χ3n) is 2.47. The van der Waals surface area contributed by atoms with Crippen molar-refractivity contribution in [1.82, 2.24) is 0 Å². The first-order chi connectivity index (χ1) is 7.17. The zero-order valence-electron chi connectivity index (χ0n) is 9.25. The summed E-state index contributed by atoms with van der Waals surface area (Å²) in [7, 11) is 1.41. The Bertz CT molecular complexity index is 353. The summed E-state index contributed by atoms with van der Waals surface area (Å²) < 4.78 is 4.60. The quantitative estimate of drug-likeness (QED) is 0.769. The van der Waals surface area contributed by atoms with Crippen LogP contribution in [-0.2, 0) is 22.5 Å². The molecular weight excluding hydrogens is 190 g/mol. The first-order valence-electron chi connectivity index (χ1n) is 5.02. The lowest BCUT2D eigenvalue weighted by Gasteiger charge is -2.06. The predicted octanol–water partition coefficient (Wildman–Crippen LogP) is 1.81. The van der Waals surface area contributed by atoms with Crippen molar-refractivity contribution in [1.29, 1.82) is 0 Å². The Balaban J connectivity index is 0.00000225. The lowest BCUT2D eigenvalue weighted by molar-refractivity contribution is -0.140. The maximum absolute atomic E-state index is 11.0. The van der Waals surface area contributed by atoms with E-state index in [2.05, 4.69) is 10.8 Å². The van der Waals surface area contributed by atoms with Gasteiger partial charge in [-0.3, -0.25) is 4.79 Å². The molecule has 84 valence electrons. The molecule has 2 N–H and O–H groups in total. The number of benzene rings is 1. The van der Waals surface area contributed by atoms with Crippen molar-refractivity contribution in [2.24, 2.45) is 5.73 Å². The highest BCUT2D eigenvalue weighted by atomic mass is 16.5. The van der Waals surface area contributed by atoms with Crippen molar-refractivity contribution in [2.45, 2.75) is 26.3 Å². The molecule has 3 heteroatoms. The van der Waals surface area contributed by atoms with Crippen LogP contribution in [0, 0.1) is 6.92 Å². The van der Waals surface area contributed by atoms with Gasteiger partial charge in [0.2, 0.25) is 0 Å². The van der Waals surface area contributed by atoms with Gasteiger partial charge in [0.15, 0.2) is 0 Å². The minimum Gasteiger partial charge on any atom is -0.469 e. The molecule has 1 aromatic rings. The van der Waals surface area contributed by atoms with E-state index < -0.39 is 0 Å². The van der Waals surface area contributed by atoms with Crippen LogP contribution in [0.5, 0.6) is 0 Å². The van der Waals surface area contributed by atoms with Crippen molar-refractivity contribution in [2.75, 3.05) is 7.11 Å². The molecule has 0 aromatic heterocycles. The van der Waals surface area contributed by atoms with Crippen LogP contribution in [0.2, 0.25) is 0 Å². The van der Waals surface area contributed by atoms with Gasteiger partial charge in [-0.25, -0.2) is 0 Å². The van der Waals surface area contributed by atoms with Crippen LogP contribution < -0.4 is 5.73 Å². The molecular formula is C12H19NO2. The summed E-state index contributed by atoms with van der Waals surface area (Å²) in [6.45, 7) is 2.59. The first-order valence-corrected chi connectivity index (χ1v) is 5.02. The van der Waals surface area contributed by atoms with Gasteiger partial charge in [-0.1, -0.05) is 18.2 Å². The minimum absolute atomic E-state index is 0. The van der Waals surface area contributed by atoms with Crippen LogP contribution in [0.4, 0.5) is 0 Å². The number of hydrogen-bond acceptors (Lipinski definition) is 3. The normalized spacial score (nSPS) is 10.1. The van der Waals surface area contributed by atoms with E-state index >= 15 is 0 Å². The summed E-state index contributed by atoms with van der Waals surface area (Å²) in [5.41, 5.74) is 9.02. The van der Waals surface area contributed by atoms with Crippen LogP contribution in [-0.4, -0.2) is 13.1 Å². The maximum Gasteiger partial charge on any atom is 0.305 e. The molecule has 0 bridgehead atoms. The van der Waals surface area contributed by atoms with Gasteiger partial charge in [-0.05, 0) is 30.0 Å². The van der Waals surface area contributed by atoms with E-state index in [1.807, 2.05) is 19.1 Å². The van der Waals surface area contributed by atoms with Crippen LogP contribution in [0.3, 0.4) is 0 Å². The number of hydrogen-bond donors (Lipinski definition) is 1. The standard InChI is InChI=1S/C12H17NO2.H2/c1-9-7-10(8-13)3-4-11(9)5-6-12(14)15-2;/h3-4,7H,5-6,8,13H2,1-2H3;1H. The highest BCUT2D eigenvalue weighted by Crippen LogP contribution is 2.13. The van der Waals surface area contributed by atoms with Crippen LogP contribution >= 0.6 is 0 Å². The molecule has 0 amide bonds. The van der Waals surface area contributed by atoms with Gasteiger partial charge in [0.05, 0.1) is 7.11 Å². The average molecular weight is 209 g/mol. The number of esters is 1. The van der Waals surface area contributed by atoms with Crippen LogP contribution in [0.15, 0.2) is 18.2 Å². The largest absolute Gasteiger partial charge is 0.469 e. The van der Waals surface area contributed by atoms with E-state index in [9.17, 15) is 4.79 Å². The molecule has 0 fully saturated rings. The summed E-state index contributed by atoms with van der Waals surface area (Å²) in [5, 5.41) is 0. The number of carbonyl (C=O) groups is 1. The molecule has 0 aliphatic carbocycles. The number of ether oxygens (including phenoxy) is 1. The third kappa shape index (κ3) is 3.36. The maximum atomic E-state index is 11.0. The van der Waals surface area contributed by atoms with Gasteiger partial charge in [-0.15, -0.1) is 0 Å². The predicted molar refractivity (Wildman–Crippen MR) is 61.5 cm³/mol. The SMILES string of the molecule is COC(=O)CCc1ccc(CN)cc1C.[HH]. The lowest BCUT2D eigenvalue weighted by Crippen LogP contribution is -2.03. The van der Waals surface area contributed by atoms with Crippen LogP contribution in [0.25, 0.3) is 0 Å². The zero-order valence-corrected chi connectivity index (χ0v) is 9.25. The third-order valence-corrected chi connectivity index (χ3v) is 2.47. The molecule has 0 radical (unpaired) electrons. The van der Waals surface area contributed by atoms with E-state index in [-0.39, 0.29) is 7.40 Å². The zero-order chi connectivity index (χ0) is 11.3. The summed E-state index contributed by atoms with van der Waals surface area (Å²) in [4.78, 5) is 11.0. The van der Waals surface area contributed by atoms with Crippen molar-refractivity contribution >= 4 is 5.97 Å². The van der Waals surface area contributed by atoms with E-state index in [1.165, 1.54) is 18.2 Å². The monoisotopic (exact) mass is 209 g/mol. The van der Waals surface area contributed by atoms with Gasteiger partial charge in [0.25, 0.3) is 0 Å². The molecule has 0 saturated heterocycles. The molecule has 0 heterocycles. The highest BCUT2D eigenvalue weighted by Gasteiger charge is 2.04. The topological polar surface area (TPSA) is 52.3 Å². The molecule has 0 aliphatic heterocycles. The Kier molecular flexibility index (Phi) is 4.31. The number of aryl methyl sites for hydroxylation is 2. The second-order valence-corrected chi connectivity index (χ2v) is 3.54. The van der Waals surface area contributed by atoms with E-state index in [0.717, 1.165) is 12.0 Å². The second kappa shape index (κ2) is 5.51. The summed E-state index contributed by atoms with van der Waals surface area (Å²) in [6.07, 6.45) is 1.16. The van der Waals surface area contributed by atoms with Crippen LogP contribution in [0.1, 0.15) is 24.5 Å². The molecule has 0 atom stereocenters. The summed E-state index contributed by atoms with van der Waals surface area (Å²) >= 11 is 0. The molecule has 0 aliphatic rings. The lowest BCUT2D eigenvalue weighted by atomic mass is 10.0. The first kappa shape index (κ1) is 11.7. The Morgan fingerprint density at radius 2 is 2.27 bits per heavy atom. The molecule has 1 aromatic carbocycles. The van der Waals surface area contributed by atoms with Gasteiger partial charge < -0.3 is 10.5 Å². The van der Waals surface area contributed by atoms with Crippen molar-refractivity contribution in [3.05, 3.63) is 34.9 Å². The Hall–Kier alpha value is -1.35. The Morgan fingerprint density at radius 1 is 1.53 bits per heavy atom.